The van der Waals surface area contributed by atoms with Crippen LogP contribution in [0.25, 0.3) is 0 Å². The third-order valence-electron chi connectivity index (χ3n) is 6.33. The van der Waals surface area contributed by atoms with Crippen LogP contribution < -0.4 is 5.32 Å². The predicted octanol–water partition coefficient (Wildman–Crippen LogP) is 2.96. The zero-order chi connectivity index (χ0) is 21.0. The summed E-state index contributed by atoms with van der Waals surface area (Å²) in [5, 5.41) is 7.48. The first kappa shape index (κ1) is 20.9. The van der Waals surface area contributed by atoms with Gasteiger partial charge in [0.15, 0.2) is 6.04 Å². The molecule has 0 aliphatic carbocycles. The van der Waals surface area contributed by atoms with Crippen LogP contribution in [0.2, 0.25) is 0 Å². The quantitative estimate of drug-likeness (QED) is 0.790. The highest BCUT2D eigenvalue weighted by molar-refractivity contribution is 7.86. The average molecular weight is 436 g/mol. The second-order valence-corrected chi connectivity index (χ2v) is 10.6. The van der Waals surface area contributed by atoms with Crippen LogP contribution in [0.15, 0.2) is 6.07 Å². The van der Waals surface area contributed by atoms with Crippen molar-refractivity contribution in [1.29, 1.82) is 0 Å². The van der Waals surface area contributed by atoms with Crippen molar-refractivity contribution in [1.82, 2.24) is 18.4 Å². The molecule has 164 valence electrons. The maximum atomic E-state index is 13.7. The topological polar surface area (TPSA) is 70.5 Å². The van der Waals surface area contributed by atoms with Crippen LogP contribution in [-0.2, 0) is 10.2 Å². The molecular formula is C18H28F3N5O2S. The van der Waals surface area contributed by atoms with Crippen LogP contribution in [-0.4, -0.2) is 65.2 Å². The number of anilines is 1. The van der Waals surface area contributed by atoms with Crippen LogP contribution in [0.3, 0.4) is 0 Å². The average Bonchev–Trinajstić information content (AvgIpc) is 3.38. The van der Waals surface area contributed by atoms with Crippen molar-refractivity contribution in [3.05, 3.63) is 11.8 Å². The maximum Gasteiger partial charge on any atom is 0.410 e. The van der Waals surface area contributed by atoms with Gasteiger partial charge < -0.3 is 5.32 Å². The van der Waals surface area contributed by atoms with E-state index in [0.717, 1.165) is 17.5 Å². The Morgan fingerprint density at radius 1 is 1.17 bits per heavy atom. The molecule has 3 atom stereocenters. The number of halogens is 3. The van der Waals surface area contributed by atoms with Gasteiger partial charge in [-0.1, -0.05) is 13.8 Å². The minimum atomic E-state index is -4.38. The zero-order valence-electron chi connectivity index (χ0n) is 16.7. The molecule has 3 aliphatic heterocycles. The molecular weight excluding hydrogens is 407 g/mol. The zero-order valence-corrected chi connectivity index (χ0v) is 17.5. The Bertz CT molecular complexity index is 848. The van der Waals surface area contributed by atoms with Gasteiger partial charge in [-0.2, -0.15) is 35.3 Å². The van der Waals surface area contributed by atoms with Gasteiger partial charge in [-0.05, 0) is 31.6 Å². The first-order chi connectivity index (χ1) is 13.6. The highest BCUT2D eigenvalue weighted by Crippen LogP contribution is 2.42. The van der Waals surface area contributed by atoms with E-state index in [-0.39, 0.29) is 30.8 Å². The number of nitrogens with one attached hydrogen (secondary N) is 1. The Morgan fingerprint density at radius 2 is 1.86 bits per heavy atom. The lowest BCUT2D eigenvalue weighted by molar-refractivity contribution is -0.174. The summed E-state index contributed by atoms with van der Waals surface area (Å²) in [6.45, 7) is 5.51. The summed E-state index contributed by atoms with van der Waals surface area (Å²) in [7, 11) is -3.50. The molecule has 1 unspecified atom stereocenters. The van der Waals surface area contributed by atoms with Crippen LogP contribution in [0.4, 0.5) is 19.0 Å². The number of nitrogens with zero attached hydrogens (tertiary/aromatic N) is 4. The molecule has 2 fully saturated rings. The summed E-state index contributed by atoms with van der Waals surface area (Å²) in [5.41, 5.74) is 0.533. The van der Waals surface area contributed by atoms with E-state index < -0.39 is 22.4 Å². The Labute approximate surface area is 169 Å². The summed E-state index contributed by atoms with van der Waals surface area (Å²) >= 11 is 0. The number of rotatable bonds is 4. The van der Waals surface area contributed by atoms with Crippen molar-refractivity contribution in [3.8, 4) is 0 Å². The monoisotopic (exact) mass is 435 g/mol. The fourth-order valence-electron chi connectivity index (χ4n) is 4.52. The first-order valence-electron chi connectivity index (χ1n) is 10.3. The van der Waals surface area contributed by atoms with Crippen LogP contribution >= 0.6 is 0 Å². The van der Waals surface area contributed by atoms with Crippen LogP contribution in [0, 0.1) is 5.92 Å². The van der Waals surface area contributed by atoms with Crippen LogP contribution in [0.1, 0.15) is 57.2 Å². The van der Waals surface area contributed by atoms with E-state index in [9.17, 15) is 21.6 Å². The minimum Gasteiger partial charge on any atom is -0.367 e. The standard InChI is InChI=1S/C18H28F3N5O2S/c1-12(2)14-9-16(18(19,20)21)26-17(22-14)10-15(23-26)13-5-8-25(11-13)29(27,28)24-6-3-4-7-24/h10,12-14,16,22H,3-9,11H2,1-2H3/t13?,14-,16+/m0/s1. The van der Waals surface area contributed by atoms with Gasteiger partial charge in [-0.15, -0.1) is 0 Å². The van der Waals surface area contributed by atoms with Crippen molar-refractivity contribution in [2.75, 3.05) is 31.5 Å². The molecule has 1 aromatic rings. The van der Waals surface area contributed by atoms with E-state index in [1.807, 2.05) is 13.8 Å². The normalized spacial score (nSPS) is 29.4. The number of aromatic nitrogens is 2. The van der Waals surface area contributed by atoms with Gasteiger partial charge in [0.25, 0.3) is 10.2 Å². The third-order valence-corrected chi connectivity index (χ3v) is 8.33. The lowest BCUT2D eigenvalue weighted by atomic mass is 9.94. The lowest BCUT2D eigenvalue weighted by Crippen LogP contribution is -2.41. The van der Waals surface area contributed by atoms with Gasteiger partial charge in [0, 0.05) is 44.2 Å². The third kappa shape index (κ3) is 3.88. The van der Waals surface area contributed by atoms with Gasteiger partial charge >= 0.3 is 6.18 Å². The molecule has 0 radical (unpaired) electrons. The Hall–Kier alpha value is -1.33. The van der Waals surface area contributed by atoms with E-state index in [1.165, 1.54) is 8.61 Å². The molecule has 1 aromatic heterocycles. The van der Waals surface area contributed by atoms with Crippen LogP contribution in [0.5, 0.6) is 0 Å². The van der Waals surface area contributed by atoms with Gasteiger partial charge in [0.2, 0.25) is 0 Å². The second-order valence-electron chi connectivity index (χ2n) is 8.64. The number of alkyl halides is 3. The Morgan fingerprint density at radius 3 is 2.48 bits per heavy atom. The molecule has 3 aliphatic rings. The molecule has 0 spiro atoms. The van der Waals surface area contributed by atoms with Gasteiger partial charge in [-0.25, -0.2) is 4.68 Å². The molecule has 29 heavy (non-hydrogen) atoms. The predicted molar refractivity (Wildman–Crippen MR) is 103 cm³/mol. The minimum absolute atomic E-state index is 0.0551. The van der Waals surface area contributed by atoms with Gasteiger partial charge in [0.05, 0.1) is 5.69 Å². The highest BCUT2D eigenvalue weighted by atomic mass is 32.2. The lowest BCUT2D eigenvalue weighted by Gasteiger charge is -2.35. The number of hydrogen-bond acceptors (Lipinski definition) is 4. The van der Waals surface area contributed by atoms with E-state index in [1.54, 1.807) is 6.07 Å². The summed E-state index contributed by atoms with van der Waals surface area (Å²) in [5.74, 6) is 0.228. The summed E-state index contributed by atoms with van der Waals surface area (Å²) in [6.07, 6.45) is -2.14. The molecule has 0 aromatic carbocycles. The van der Waals surface area contributed by atoms with Crippen molar-refractivity contribution >= 4 is 16.0 Å². The first-order valence-corrected chi connectivity index (χ1v) is 11.6. The van der Waals surface area contributed by atoms with E-state index in [0.29, 0.717) is 37.6 Å². The largest absolute Gasteiger partial charge is 0.410 e. The molecule has 0 saturated carbocycles. The summed E-state index contributed by atoms with van der Waals surface area (Å²) in [4.78, 5) is 0. The summed E-state index contributed by atoms with van der Waals surface area (Å²) in [6, 6.07) is -0.274. The highest BCUT2D eigenvalue weighted by Gasteiger charge is 2.47. The molecule has 4 rings (SSSR count). The number of hydrogen-bond donors (Lipinski definition) is 1. The number of fused-ring (bicyclic) bond motifs is 1. The smallest absolute Gasteiger partial charge is 0.367 e. The maximum absolute atomic E-state index is 13.7. The van der Waals surface area contributed by atoms with E-state index >= 15 is 0 Å². The summed E-state index contributed by atoms with van der Waals surface area (Å²) < 4.78 is 70.5. The van der Waals surface area contributed by atoms with E-state index in [2.05, 4.69) is 10.4 Å². The molecule has 0 amide bonds. The fourth-order valence-corrected chi connectivity index (χ4v) is 6.27. The SMILES string of the molecule is CC(C)[C@@H]1C[C@H](C(F)(F)F)n2nc(C3CCN(S(=O)(=O)N4CCCC4)C3)cc2N1. The Balaban J connectivity index is 1.55. The molecule has 2 saturated heterocycles. The molecule has 4 heterocycles. The molecule has 7 nitrogen and oxygen atoms in total. The second kappa shape index (κ2) is 7.42. The van der Waals surface area contributed by atoms with E-state index in [4.69, 9.17) is 0 Å². The Kier molecular flexibility index (Phi) is 5.35. The van der Waals surface area contributed by atoms with Crippen molar-refractivity contribution < 1.29 is 21.6 Å². The van der Waals surface area contributed by atoms with Crippen molar-refractivity contribution in [3.63, 3.8) is 0 Å². The molecule has 1 N–H and O–H groups in total. The van der Waals surface area contributed by atoms with Crippen molar-refractivity contribution in [2.45, 2.75) is 63.7 Å². The molecule has 0 bridgehead atoms. The molecule has 11 heteroatoms. The van der Waals surface area contributed by atoms with Crippen molar-refractivity contribution in [2.24, 2.45) is 5.92 Å². The van der Waals surface area contributed by atoms with Gasteiger partial charge in [-0.3, -0.25) is 0 Å². The van der Waals surface area contributed by atoms with Gasteiger partial charge in [0.1, 0.15) is 5.82 Å². The fraction of sp³-hybridized carbons (Fsp3) is 0.833.